The Morgan fingerprint density at radius 3 is 2.50 bits per heavy atom. The number of carboxylic acid groups (broad SMARTS) is 1. The zero-order chi connectivity index (χ0) is 26.1. The summed E-state index contributed by atoms with van der Waals surface area (Å²) in [6.07, 6.45) is 3.34. The standard InChI is InChI=1S/C27H36N2O7/c1-4-35-25(32)21(16-22-28-18(2)23(36-22)19-10-6-5-7-11-19)29-26(33)27(13-8-9-14-27)17-20(24(30)31)12-15-34-3/h5-7,10-11,20-21H,4,8-9,12-17H2,1-3H3,(H,29,33)(H,30,31)/t20-,21+/m1/s1. The molecule has 9 nitrogen and oxygen atoms in total. The second-order valence-electron chi connectivity index (χ2n) is 9.38. The van der Waals surface area contributed by atoms with Crippen LogP contribution in [0.5, 0.6) is 0 Å². The zero-order valence-electron chi connectivity index (χ0n) is 21.2. The number of aryl methyl sites for hydroxylation is 1. The van der Waals surface area contributed by atoms with Crippen molar-refractivity contribution in [2.75, 3.05) is 20.3 Å². The maximum atomic E-state index is 13.6. The third kappa shape index (κ3) is 6.72. The van der Waals surface area contributed by atoms with Crippen LogP contribution in [0, 0.1) is 18.3 Å². The van der Waals surface area contributed by atoms with Crippen molar-refractivity contribution in [1.29, 1.82) is 0 Å². The summed E-state index contributed by atoms with van der Waals surface area (Å²) in [6, 6.07) is 8.53. The lowest BCUT2D eigenvalue weighted by Gasteiger charge is -2.32. The number of hydrogen-bond donors (Lipinski definition) is 2. The zero-order valence-corrected chi connectivity index (χ0v) is 21.2. The first-order valence-electron chi connectivity index (χ1n) is 12.5. The summed E-state index contributed by atoms with van der Waals surface area (Å²) in [5.41, 5.74) is 0.689. The monoisotopic (exact) mass is 500 g/mol. The van der Waals surface area contributed by atoms with E-state index in [2.05, 4.69) is 10.3 Å². The number of methoxy groups -OCH3 is 1. The fourth-order valence-corrected chi connectivity index (χ4v) is 4.94. The van der Waals surface area contributed by atoms with Gasteiger partial charge in [0.2, 0.25) is 5.91 Å². The molecule has 1 fully saturated rings. The van der Waals surface area contributed by atoms with Crippen LogP contribution in [0.4, 0.5) is 0 Å². The van der Waals surface area contributed by atoms with Gasteiger partial charge in [-0.1, -0.05) is 43.2 Å². The second-order valence-corrected chi connectivity index (χ2v) is 9.38. The number of amides is 1. The SMILES string of the molecule is CCOC(=O)[C@H](Cc1nc(C)c(-c2ccccc2)o1)NC(=O)C1(C[C@@H](CCOC)C(=O)O)CCCC1. The number of aliphatic carboxylic acids is 1. The van der Waals surface area contributed by atoms with Crippen LogP contribution < -0.4 is 5.32 Å². The van der Waals surface area contributed by atoms with Crippen molar-refractivity contribution in [2.24, 2.45) is 11.3 Å². The quantitative estimate of drug-likeness (QED) is 0.396. The van der Waals surface area contributed by atoms with E-state index in [4.69, 9.17) is 13.9 Å². The van der Waals surface area contributed by atoms with Crippen LogP contribution >= 0.6 is 0 Å². The Bertz CT molecular complexity index is 1030. The van der Waals surface area contributed by atoms with E-state index in [0.29, 0.717) is 43.2 Å². The van der Waals surface area contributed by atoms with Crippen molar-refractivity contribution < 1.29 is 33.4 Å². The number of ether oxygens (including phenoxy) is 2. The Balaban J connectivity index is 1.81. The number of rotatable bonds is 13. The first-order valence-corrected chi connectivity index (χ1v) is 12.5. The van der Waals surface area contributed by atoms with Gasteiger partial charge in [-0.05, 0) is 39.5 Å². The molecular formula is C27H36N2O7. The number of hydrogen-bond acceptors (Lipinski definition) is 7. The molecule has 0 saturated heterocycles. The topological polar surface area (TPSA) is 128 Å². The average Bonchev–Trinajstić information content (AvgIpc) is 3.49. The van der Waals surface area contributed by atoms with Gasteiger partial charge in [-0.3, -0.25) is 9.59 Å². The van der Waals surface area contributed by atoms with Crippen LogP contribution in [0.25, 0.3) is 11.3 Å². The number of nitrogens with zero attached hydrogens (tertiary/aromatic N) is 1. The van der Waals surface area contributed by atoms with E-state index < -0.39 is 29.3 Å². The van der Waals surface area contributed by atoms with Crippen molar-refractivity contribution in [3.05, 3.63) is 41.9 Å². The highest BCUT2D eigenvalue weighted by molar-refractivity contribution is 5.89. The van der Waals surface area contributed by atoms with Crippen molar-refractivity contribution >= 4 is 17.8 Å². The summed E-state index contributed by atoms with van der Waals surface area (Å²) >= 11 is 0. The summed E-state index contributed by atoms with van der Waals surface area (Å²) in [5, 5.41) is 12.6. The number of nitrogens with one attached hydrogen (secondary N) is 1. The van der Waals surface area contributed by atoms with E-state index in [1.54, 1.807) is 6.92 Å². The molecule has 1 aromatic heterocycles. The smallest absolute Gasteiger partial charge is 0.329 e. The van der Waals surface area contributed by atoms with Gasteiger partial charge in [0.05, 0.1) is 30.1 Å². The van der Waals surface area contributed by atoms with Crippen LogP contribution in [-0.4, -0.2) is 54.3 Å². The Morgan fingerprint density at radius 1 is 1.19 bits per heavy atom. The summed E-state index contributed by atoms with van der Waals surface area (Å²) in [5.74, 6) is -1.64. The van der Waals surface area contributed by atoms with Crippen molar-refractivity contribution in [3.8, 4) is 11.3 Å². The molecule has 0 aliphatic heterocycles. The van der Waals surface area contributed by atoms with Gasteiger partial charge >= 0.3 is 11.9 Å². The van der Waals surface area contributed by atoms with Gasteiger partial charge < -0.3 is 24.3 Å². The highest BCUT2D eigenvalue weighted by atomic mass is 16.5. The van der Waals surface area contributed by atoms with E-state index in [-0.39, 0.29) is 25.4 Å². The molecule has 1 amide bonds. The molecule has 0 radical (unpaired) electrons. The van der Waals surface area contributed by atoms with Crippen LogP contribution in [0.3, 0.4) is 0 Å². The molecule has 1 aromatic carbocycles. The predicted octanol–water partition coefficient (Wildman–Crippen LogP) is 3.93. The van der Waals surface area contributed by atoms with Crippen LogP contribution in [0.15, 0.2) is 34.7 Å². The molecule has 3 rings (SSSR count). The molecule has 2 atom stereocenters. The Kier molecular flexibility index (Phi) is 9.64. The minimum absolute atomic E-state index is 0.0281. The Hall–Kier alpha value is -3.20. The summed E-state index contributed by atoms with van der Waals surface area (Å²) in [4.78, 5) is 42.8. The number of esters is 1. The lowest BCUT2D eigenvalue weighted by atomic mass is 9.75. The molecule has 196 valence electrons. The fourth-order valence-electron chi connectivity index (χ4n) is 4.94. The highest BCUT2D eigenvalue weighted by Crippen LogP contribution is 2.44. The molecule has 1 aliphatic rings. The Labute approximate surface area is 211 Å². The van der Waals surface area contributed by atoms with E-state index >= 15 is 0 Å². The minimum Gasteiger partial charge on any atom is -0.481 e. The first-order chi connectivity index (χ1) is 17.3. The van der Waals surface area contributed by atoms with Gasteiger partial charge in [-0.2, -0.15) is 0 Å². The van der Waals surface area contributed by atoms with Crippen LogP contribution in [0.1, 0.15) is 57.0 Å². The van der Waals surface area contributed by atoms with Crippen LogP contribution in [-0.2, 0) is 30.3 Å². The summed E-state index contributed by atoms with van der Waals surface area (Å²) in [6.45, 7) is 3.99. The number of carboxylic acids is 1. The molecular weight excluding hydrogens is 464 g/mol. The molecule has 0 spiro atoms. The number of carbonyl (C=O) groups is 3. The molecule has 0 unspecified atom stereocenters. The molecule has 0 bridgehead atoms. The highest BCUT2D eigenvalue weighted by Gasteiger charge is 2.45. The van der Waals surface area contributed by atoms with E-state index in [9.17, 15) is 19.5 Å². The lowest BCUT2D eigenvalue weighted by molar-refractivity contribution is -0.150. The predicted molar refractivity (Wildman–Crippen MR) is 132 cm³/mol. The third-order valence-corrected chi connectivity index (χ3v) is 6.83. The molecule has 1 saturated carbocycles. The third-order valence-electron chi connectivity index (χ3n) is 6.83. The maximum absolute atomic E-state index is 13.6. The molecule has 2 aromatic rings. The molecule has 1 heterocycles. The molecule has 9 heteroatoms. The summed E-state index contributed by atoms with van der Waals surface area (Å²) in [7, 11) is 1.52. The number of aromatic nitrogens is 1. The van der Waals surface area contributed by atoms with Gasteiger partial charge in [0.1, 0.15) is 6.04 Å². The molecule has 2 N–H and O–H groups in total. The van der Waals surface area contributed by atoms with Gasteiger partial charge in [0, 0.05) is 19.3 Å². The summed E-state index contributed by atoms with van der Waals surface area (Å²) < 4.78 is 16.3. The number of benzene rings is 1. The van der Waals surface area contributed by atoms with E-state index in [0.717, 1.165) is 18.4 Å². The largest absolute Gasteiger partial charge is 0.481 e. The van der Waals surface area contributed by atoms with Gasteiger partial charge in [-0.25, -0.2) is 9.78 Å². The molecule has 36 heavy (non-hydrogen) atoms. The van der Waals surface area contributed by atoms with E-state index in [1.807, 2.05) is 37.3 Å². The van der Waals surface area contributed by atoms with Crippen molar-refractivity contribution in [1.82, 2.24) is 10.3 Å². The normalized spacial score (nSPS) is 16.3. The average molecular weight is 501 g/mol. The first kappa shape index (κ1) is 27.4. The van der Waals surface area contributed by atoms with Crippen molar-refractivity contribution in [3.63, 3.8) is 0 Å². The minimum atomic E-state index is -1.00. The fraction of sp³-hybridized carbons (Fsp3) is 0.556. The lowest BCUT2D eigenvalue weighted by Crippen LogP contribution is -2.50. The van der Waals surface area contributed by atoms with Gasteiger partial charge in [0.25, 0.3) is 0 Å². The maximum Gasteiger partial charge on any atom is 0.329 e. The molecule has 1 aliphatic carbocycles. The Morgan fingerprint density at radius 2 is 1.89 bits per heavy atom. The van der Waals surface area contributed by atoms with Gasteiger partial charge in [0.15, 0.2) is 11.7 Å². The van der Waals surface area contributed by atoms with Crippen LogP contribution in [0.2, 0.25) is 0 Å². The second kappa shape index (κ2) is 12.7. The van der Waals surface area contributed by atoms with Gasteiger partial charge in [-0.15, -0.1) is 0 Å². The van der Waals surface area contributed by atoms with Crippen molar-refractivity contribution in [2.45, 2.75) is 64.8 Å². The van der Waals surface area contributed by atoms with E-state index in [1.165, 1.54) is 7.11 Å². The number of carbonyl (C=O) groups excluding carboxylic acids is 2. The number of oxazole rings is 1.